The van der Waals surface area contributed by atoms with Crippen LogP contribution < -0.4 is 10.5 Å². The molecule has 0 spiro atoms. The topological polar surface area (TPSA) is 78.4 Å². The third-order valence-electron chi connectivity index (χ3n) is 2.55. The largest absolute Gasteiger partial charge is 0.457 e. The van der Waals surface area contributed by atoms with E-state index in [0.29, 0.717) is 22.5 Å². The number of hydrogen-bond donors (Lipinski definition) is 1. The van der Waals surface area contributed by atoms with Crippen LogP contribution in [0.5, 0.6) is 11.5 Å². The number of halogens is 2. The summed E-state index contributed by atoms with van der Waals surface area (Å²) in [6.45, 7) is 0.420. The van der Waals surface area contributed by atoms with Crippen molar-refractivity contribution >= 4 is 37.5 Å². The molecule has 0 unspecified atom stereocenters. The van der Waals surface area contributed by atoms with E-state index in [9.17, 15) is 10.1 Å². The molecule has 7 heteroatoms. The van der Waals surface area contributed by atoms with Gasteiger partial charge in [-0.3, -0.25) is 10.1 Å². The molecule has 2 aromatic carbocycles. The van der Waals surface area contributed by atoms with Crippen molar-refractivity contribution in [2.75, 3.05) is 0 Å². The van der Waals surface area contributed by atoms with Crippen LogP contribution in [0.15, 0.2) is 45.3 Å². The van der Waals surface area contributed by atoms with Gasteiger partial charge in [0.25, 0.3) is 5.69 Å². The molecular formula is C13H10Br2N2O3. The van der Waals surface area contributed by atoms with Gasteiger partial charge in [0.1, 0.15) is 11.5 Å². The molecule has 104 valence electrons. The van der Waals surface area contributed by atoms with Gasteiger partial charge in [-0.05, 0) is 23.8 Å². The summed E-state index contributed by atoms with van der Waals surface area (Å²) in [4.78, 5) is 10.3. The lowest BCUT2D eigenvalue weighted by molar-refractivity contribution is -0.385. The summed E-state index contributed by atoms with van der Waals surface area (Å²) in [7, 11) is 0. The number of hydrogen-bond acceptors (Lipinski definition) is 4. The molecule has 0 radical (unpaired) electrons. The normalized spacial score (nSPS) is 10.3. The number of benzene rings is 2. The average molecular weight is 402 g/mol. The van der Waals surface area contributed by atoms with Gasteiger partial charge in [-0.2, -0.15) is 0 Å². The maximum absolute atomic E-state index is 10.8. The number of nitrogens with two attached hydrogens (primary N) is 1. The van der Waals surface area contributed by atoms with E-state index in [1.165, 1.54) is 12.1 Å². The Bertz CT molecular complexity index is 662. The van der Waals surface area contributed by atoms with Gasteiger partial charge in [0, 0.05) is 21.6 Å². The van der Waals surface area contributed by atoms with Crippen molar-refractivity contribution in [3.05, 3.63) is 61.0 Å². The molecule has 0 amide bonds. The number of non-ortho nitro benzene ring substituents is 1. The number of nitrogens with zero attached hydrogens (tertiary/aromatic N) is 1. The predicted molar refractivity (Wildman–Crippen MR) is 82.9 cm³/mol. The van der Waals surface area contributed by atoms with Gasteiger partial charge in [0.05, 0.1) is 11.0 Å². The Labute approximate surface area is 132 Å². The summed E-state index contributed by atoms with van der Waals surface area (Å²) in [5, 5.41) is 10.8. The van der Waals surface area contributed by atoms with Crippen LogP contribution in [0.3, 0.4) is 0 Å². The van der Waals surface area contributed by atoms with Crippen molar-refractivity contribution in [2.24, 2.45) is 5.73 Å². The van der Waals surface area contributed by atoms with Crippen LogP contribution in [0, 0.1) is 10.1 Å². The van der Waals surface area contributed by atoms with Crippen LogP contribution in [0.2, 0.25) is 0 Å². The number of ether oxygens (including phenoxy) is 1. The van der Waals surface area contributed by atoms with Crippen LogP contribution in [0.25, 0.3) is 0 Å². The van der Waals surface area contributed by atoms with Gasteiger partial charge in [0.15, 0.2) is 0 Å². The SMILES string of the molecule is NCc1ccc(Oc2cc(Br)cc([N+](=O)[O-])c2)cc1Br. The lowest BCUT2D eigenvalue weighted by Gasteiger charge is -2.08. The monoisotopic (exact) mass is 400 g/mol. The Kier molecular flexibility index (Phi) is 4.74. The minimum Gasteiger partial charge on any atom is -0.457 e. The summed E-state index contributed by atoms with van der Waals surface area (Å²) in [6.07, 6.45) is 0. The molecule has 0 atom stereocenters. The van der Waals surface area contributed by atoms with Gasteiger partial charge in [-0.25, -0.2) is 0 Å². The van der Waals surface area contributed by atoms with Crippen LogP contribution in [0.4, 0.5) is 5.69 Å². The second-order valence-corrected chi connectivity index (χ2v) is 5.73. The summed E-state index contributed by atoms with van der Waals surface area (Å²) >= 11 is 6.62. The molecule has 20 heavy (non-hydrogen) atoms. The van der Waals surface area contributed by atoms with Gasteiger partial charge in [0.2, 0.25) is 0 Å². The molecule has 0 aromatic heterocycles. The van der Waals surface area contributed by atoms with E-state index in [-0.39, 0.29) is 5.69 Å². The Balaban J connectivity index is 2.30. The minimum atomic E-state index is -0.467. The first-order valence-corrected chi connectivity index (χ1v) is 7.19. The highest BCUT2D eigenvalue weighted by Gasteiger charge is 2.10. The van der Waals surface area contributed by atoms with Crippen LogP contribution in [-0.2, 0) is 6.54 Å². The zero-order chi connectivity index (χ0) is 14.7. The number of rotatable bonds is 4. The summed E-state index contributed by atoms with van der Waals surface area (Å²) in [5.74, 6) is 0.958. The molecule has 0 bridgehead atoms. The number of nitro benzene ring substituents is 1. The predicted octanol–water partition coefficient (Wildman–Crippen LogP) is 4.37. The van der Waals surface area contributed by atoms with Gasteiger partial charge >= 0.3 is 0 Å². The molecule has 2 aromatic rings. The fraction of sp³-hybridized carbons (Fsp3) is 0.0769. The molecule has 0 saturated heterocycles. The van der Waals surface area contributed by atoms with Gasteiger partial charge in [-0.15, -0.1) is 0 Å². The van der Waals surface area contributed by atoms with E-state index < -0.39 is 4.92 Å². The molecule has 0 aliphatic carbocycles. The average Bonchev–Trinajstić information content (AvgIpc) is 2.38. The molecule has 0 aliphatic heterocycles. The highest BCUT2D eigenvalue weighted by atomic mass is 79.9. The van der Waals surface area contributed by atoms with Crippen molar-refractivity contribution in [1.29, 1.82) is 0 Å². The lowest BCUT2D eigenvalue weighted by atomic mass is 10.2. The zero-order valence-electron chi connectivity index (χ0n) is 10.2. The van der Waals surface area contributed by atoms with Crippen LogP contribution in [-0.4, -0.2) is 4.92 Å². The van der Waals surface area contributed by atoms with Crippen molar-refractivity contribution in [1.82, 2.24) is 0 Å². The standard InChI is InChI=1S/C13H10Br2N2O3/c14-9-3-10(17(18)19)5-12(4-9)20-11-2-1-8(7-16)13(15)6-11/h1-6H,7,16H2. The first-order valence-electron chi connectivity index (χ1n) is 5.61. The Morgan fingerprint density at radius 3 is 2.50 bits per heavy atom. The Morgan fingerprint density at radius 1 is 1.15 bits per heavy atom. The highest BCUT2D eigenvalue weighted by molar-refractivity contribution is 9.10. The smallest absolute Gasteiger partial charge is 0.274 e. The molecular weight excluding hydrogens is 392 g/mol. The van der Waals surface area contributed by atoms with Crippen molar-refractivity contribution in [3.8, 4) is 11.5 Å². The summed E-state index contributed by atoms with van der Waals surface area (Å²) in [5.41, 5.74) is 6.50. The molecule has 2 rings (SSSR count). The molecule has 0 saturated carbocycles. The molecule has 0 fully saturated rings. The van der Waals surface area contributed by atoms with Gasteiger partial charge < -0.3 is 10.5 Å². The van der Waals surface area contributed by atoms with E-state index in [1.807, 2.05) is 6.07 Å². The maximum atomic E-state index is 10.8. The number of nitro groups is 1. The van der Waals surface area contributed by atoms with E-state index in [2.05, 4.69) is 31.9 Å². The van der Waals surface area contributed by atoms with Crippen molar-refractivity contribution < 1.29 is 9.66 Å². The van der Waals surface area contributed by atoms with E-state index in [1.54, 1.807) is 18.2 Å². The first-order chi connectivity index (χ1) is 9.49. The zero-order valence-corrected chi connectivity index (χ0v) is 13.3. The van der Waals surface area contributed by atoms with Crippen molar-refractivity contribution in [3.63, 3.8) is 0 Å². The Morgan fingerprint density at radius 2 is 1.90 bits per heavy atom. The minimum absolute atomic E-state index is 0.0352. The molecule has 5 nitrogen and oxygen atoms in total. The Hall–Kier alpha value is -1.44. The second kappa shape index (κ2) is 6.34. The molecule has 0 aliphatic rings. The fourth-order valence-corrected chi connectivity index (χ4v) is 2.59. The van der Waals surface area contributed by atoms with Gasteiger partial charge in [-0.1, -0.05) is 37.9 Å². The van der Waals surface area contributed by atoms with E-state index in [0.717, 1.165) is 10.0 Å². The van der Waals surface area contributed by atoms with Crippen LogP contribution >= 0.6 is 31.9 Å². The van der Waals surface area contributed by atoms with Crippen molar-refractivity contribution in [2.45, 2.75) is 6.54 Å². The van der Waals surface area contributed by atoms with Crippen LogP contribution in [0.1, 0.15) is 5.56 Å². The third kappa shape index (κ3) is 3.56. The summed E-state index contributed by atoms with van der Waals surface area (Å²) in [6, 6.07) is 9.83. The fourth-order valence-electron chi connectivity index (χ4n) is 1.61. The molecule has 0 heterocycles. The first kappa shape index (κ1) is 15.0. The highest BCUT2D eigenvalue weighted by Crippen LogP contribution is 2.31. The molecule has 2 N–H and O–H groups in total. The maximum Gasteiger partial charge on any atom is 0.274 e. The van der Waals surface area contributed by atoms with E-state index >= 15 is 0 Å². The van der Waals surface area contributed by atoms with E-state index in [4.69, 9.17) is 10.5 Å². The second-order valence-electron chi connectivity index (χ2n) is 3.96. The third-order valence-corrected chi connectivity index (χ3v) is 3.74. The quantitative estimate of drug-likeness (QED) is 0.609. The summed E-state index contributed by atoms with van der Waals surface area (Å²) < 4.78 is 7.04. The lowest BCUT2D eigenvalue weighted by Crippen LogP contribution is -1.97.